The lowest BCUT2D eigenvalue weighted by Crippen LogP contribution is -2.55. The fourth-order valence-corrected chi connectivity index (χ4v) is 2.78. The largest absolute Gasteiger partial charge is 0.478 e. The number of anilines is 1. The van der Waals surface area contributed by atoms with E-state index in [9.17, 15) is 0 Å². The summed E-state index contributed by atoms with van der Waals surface area (Å²) in [4.78, 5) is 13.5. The monoisotopic (exact) mass is 264 g/mol. The quantitative estimate of drug-likeness (QED) is 0.829. The molecule has 19 heavy (non-hydrogen) atoms. The molecule has 1 aromatic heterocycles. The van der Waals surface area contributed by atoms with Gasteiger partial charge in [-0.1, -0.05) is 6.92 Å². The van der Waals surface area contributed by atoms with E-state index in [1.165, 1.54) is 0 Å². The van der Waals surface area contributed by atoms with Crippen molar-refractivity contribution in [1.29, 1.82) is 0 Å². The third-order valence-corrected chi connectivity index (χ3v) is 3.80. The molecule has 1 aliphatic heterocycles. The Morgan fingerprint density at radius 3 is 2.68 bits per heavy atom. The zero-order chi connectivity index (χ0) is 13.8. The normalized spacial score (nSPS) is 20.9. The van der Waals surface area contributed by atoms with Crippen molar-refractivity contribution in [1.82, 2.24) is 14.9 Å². The smallest absolute Gasteiger partial charge is 0.257 e. The van der Waals surface area contributed by atoms with Crippen molar-refractivity contribution in [3.63, 3.8) is 0 Å². The Bertz CT molecular complexity index is 410. The number of aromatic nitrogens is 2. The van der Waals surface area contributed by atoms with Gasteiger partial charge in [0.05, 0.1) is 7.11 Å². The third kappa shape index (κ3) is 2.97. The summed E-state index contributed by atoms with van der Waals surface area (Å²) in [6.07, 6.45) is 4.55. The highest BCUT2D eigenvalue weighted by Gasteiger charge is 2.29. The maximum atomic E-state index is 5.31. The Morgan fingerprint density at radius 1 is 1.32 bits per heavy atom. The van der Waals surface area contributed by atoms with Gasteiger partial charge >= 0.3 is 0 Å². The Morgan fingerprint density at radius 2 is 2.05 bits per heavy atom. The van der Waals surface area contributed by atoms with E-state index in [1.54, 1.807) is 19.5 Å². The molecule has 0 N–H and O–H groups in total. The molecule has 0 aliphatic carbocycles. The first-order valence-corrected chi connectivity index (χ1v) is 7.03. The second-order valence-electron chi connectivity index (χ2n) is 5.23. The van der Waals surface area contributed by atoms with Crippen LogP contribution in [0.3, 0.4) is 0 Å². The molecule has 0 amide bonds. The topological polar surface area (TPSA) is 41.5 Å². The zero-order valence-electron chi connectivity index (χ0n) is 12.3. The number of piperazine rings is 1. The molecule has 106 valence electrons. The SMILES string of the molecule is CC[C@H]1CN(c2nccnc2OC)CCN1C(C)C. The average molecular weight is 264 g/mol. The van der Waals surface area contributed by atoms with Crippen molar-refractivity contribution < 1.29 is 4.74 Å². The van der Waals surface area contributed by atoms with Gasteiger partial charge in [-0.15, -0.1) is 0 Å². The molecule has 0 aromatic carbocycles. The summed E-state index contributed by atoms with van der Waals surface area (Å²) in [5.74, 6) is 1.49. The summed E-state index contributed by atoms with van der Waals surface area (Å²) in [6.45, 7) is 9.81. The number of nitrogens with zero attached hydrogens (tertiary/aromatic N) is 4. The summed E-state index contributed by atoms with van der Waals surface area (Å²) in [6, 6.07) is 1.16. The second-order valence-corrected chi connectivity index (χ2v) is 5.23. The van der Waals surface area contributed by atoms with Crippen LogP contribution in [-0.4, -0.2) is 53.7 Å². The summed E-state index contributed by atoms with van der Waals surface area (Å²) in [5.41, 5.74) is 0. The van der Waals surface area contributed by atoms with Gasteiger partial charge < -0.3 is 9.64 Å². The van der Waals surface area contributed by atoms with E-state index in [4.69, 9.17) is 4.74 Å². The van der Waals surface area contributed by atoms with Gasteiger partial charge in [0.1, 0.15) is 0 Å². The summed E-state index contributed by atoms with van der Waals surface area (Å²) >= 11 is 0. The molecule has 1 atom stereocenters. The molecule has 1 saturated heterocycles. The molecular weight excluding hydrogens is 240 g/mol. The maximum Gasteiger partial charge on any atom is 0.257 e. The molecule has 0 spiro atoms. The van der Waals surface area contributed by atoms with Gasteiger partial charge in [0, 0.05) is 44.1 Å². The van der Waals surface area contributed by atoms with Gasteiger partial charge in [-0.3, -0.25) is 4.90 Å². The molecule has 0 saturated carbocycles. The number of methoxy groups -OCH3 is 1. The first-order valence-electron chi connectivity index (χ1n) is 7.03. The summed E-state index contributed by atoms with van der Waals surface area (Å²) < 4.78 is 5.31. The molecule has 1 fully saturated rings. The van der Waals surface area contributed by atoms with Gasteiger partial charge in [-0.25, -0.2) is 9.97 Å². The highest BCUT2D eigenvalue weighted by atomic mass is 16.5. The second kappa shape index (κ2) is 6.19. The Balaban J connectivity index is 2.15. The van der Waals surface area contributed by atoms with Crippen LogP contribution in [0.4, 0.5) is 5.82 Å². The minimum absolute atomic E-state index is 0.570. The summed E-state index contributed by atoms with van der Waals surface area (Å²) in [7, 11) is 1.65. The van der Waals surface area contributed by atoms with Crippen LogP contribution in [0.1, 0.15) is 27.2 Å². The van der Waals surface area contributed by atoms with E-state index in [1.807, 2.05) is 0 Å². The van der Waals surface area contributed by atoms with Gasteiger partial charge in [0.15, 0.2) is 5.82 Å². The lowest BCUT2D eigenvalue weighted by molar-refractivity contribution is 0.132. The van der Waals surface area contributed by atoms with Crippen LogP contribution in [0.15, 0.2) is 12.4 Å². The lowest BCUT2D eigenvalue weighted by atomic mass is 10.1. The van der Waals surface area contributed by atoms with Crippen molar-refractivity contribution in [2.24, 2.45) is 0 Å². The molecule has 2 heterocycles. The van der Waals surface area contributed by atoms with Gasteiger partial charge in [-0.2, -0.15) is 0 Å². The van der Waals surface area contributed by atoms with E-state index in [2.05, 4.69) is 40.5 Å². The molecule has 5 nitrogen and oxygen atoms in total. The highest BCUT2D eigenvalue weighted by Crippen LogP contribution is 2.26. The Hall–Kier alpha value is -1.36. The maximum absolute atomic E-state index is 5.31. The predicted octanol–water partition coefficient (Wildman–Crippen LogP) is 1.79. The number of hydrogen-bond donors (Lipinski definition) is 0. The van der Waals surface area contributed by atoms with Crippen LogP contribution in [0.2, 0.25) is 0 Å². The third-order valence-electron chi connectivity index (χ3n) is 3.80. The first kappa shape index (κ1) is 14.1. The molecule has 0 bridgehead atoms. The van der Waals surface area contributed by atoms with Crippen LogP contribution >= 0.6 is 0 Å². The predicted molar refractivity (Wildman–Crippen MR) is 76.7 cm³/mol. The van der Waals surface area contributed by atoms with Crippen LogP contribution < -0.4 is 9.64 Å². The Kier molecular flexibility index (Phi) is 4.58. The van der Waals surface area contributed by atoms with Gasteiger partial charge in [-0.05, 0) is 20.3 Å². The van der Waals surface area contributed by atoms with Crippen molar-refractivity contribution in [3.8, 4) is 5.88 Å². The van der Waals surface area contributed by atoms with Crippen LogP contribution in [0.25, 0.3) is 0 Å². The molecule has 5 heteroatoms. The molecular formula is C14H24N4O. The number of ether oxygens (including phenoxy) is 1. The first-order chi connectivity index (χ1) is 9.17. The Labute approximate surface area is 115 Å². The zero-order valence-corrected chi connectivity index (χ0v) is 12.3. The van der Waals surface area contributed by atoms with E-state index < -0.39 is 0 Å². The van der Waals surface area contributed by atoms with Crippen LogP contribution in [-0.2, 0) is 0 Å². The van der Waals surface area contributed by atoms with Crippen molar-refractivity contribution >= 4 is 5.82 Å². The minimum atomic E-state index is 0.570. The fraction of sp³-hybridized carbons (Fsp3) is 0.714. The number of hydrogen-bond acceptors (Lipinski definition) is 5. The van der Waals surface area contributed by atoms with E-state index in [-0.39, 0.29) is 0 Å². The average Bonchev–Trinajstić information content (AvgIpc) is 2.46. The van der Waals surface area contributed by atoms with Gasteiger partial charge in [0.2, 0.25) is 0 Å². The molecule has 2 rings (SSSR count). The molecule has 0 unspecified atom stereocenters. The van der Waals surface area contributed by atoms with E-state index in [0.717, 1.165) is 31.9 Å². The van der Waals surface area contributed by atoms with Gasteiger partial charge in [0.25, 0.3) is 5.88 Å². The van der Waals surface area contributed by atoms with Crippen LogP contribution in [0.5, 0.6) is 5.88 Å². The minimum Gasteiger partial charge on any atom is -0.478 e. The fourth-order valence-electron chi connectivity index (χ4n) is 2.78. The van der Waals surface area contributed by atoms with Crippen molar-refractivity contribution in [2.75, 3.05) is 31.6 Å². The highest BCUT2D eigenvalue weighted by molar-refractivity contribution is 5.48. The van der Waals surface area contributed by atoms with Crippen molar-refractivity contribution in [3.05, 3.63) is 12.4 Å². The summed E-state index contributed by atoms with van der Waals surface area (Å²) in [5, 5.41) is 0. The molecule has 0 radical (unpaired) electrons. The van der Waals surface area contributed by atoms with E-state index >= 15 is 0 Å². The van der Waals surface area contributed by atoms with Crippen LogP contribution in [0, 0.1) is 0 Å². The standard InChI is InChI=1S/C14H24N4O/c1-5-12-10-17(8-9-18(12)11(2)3)13-14(19-4)16-7-6-15-13/h6-7,11-12H,5,8-10H2,1-4H3/t12-/m0/s1. The van der Waals surface area contributed by atoms with Crippen molar-refractivity contribution in [2.45, 2.75) is 39.3 Å². The lowest BCUT2D eigenvalue weighted by Gasteiger charge is -2.43. The molecule has 1 aliphatic rings. The molecule has 1 aromatic rings. The van der Waals surface area contributed by atoms with E-state index in [0.29, 0.717) is 18.0 Å². The number of rotatable bonds is 4.